The van der Waals surface area contributed by atoms with Crippen LogP contribution in [0.4, 0.5) is 4.79 Å². The van der Waals surface area contributed by atoms with Crippen molar-refractivity contribution in [3.05, 3.63) is 56.7 Å². The lowest BCUT2D eigenvalue weighted by Crippen LogP contribution is -2.44. The van der Waals surface area contributed by atoms with Gasteiger partial charge in [0.25, 0.3) is 0 Å². The van der Waals surface area contributed by atoms with Crippen LogP contribution in [-0.4, -0.2) is 24.5 Å². The summed E-state index contributed by atoms with van der Waals surface area (Å²) in [5.74, 6) is 0. The molecule has 1 aliphatic heterocycles. The zero-order chi connectivity index (χ0) is 14.1. The number of hydrogen-bond donors (Lipinski definition) is 1. The number of hydrogen-bond acceptors (Lipinski definition) is 2. The summed E-state index contributed by atoms with van der Waals surface area (Å²) in [6.45, 7) is 0.737. The number of amides is 2. The maximum Gasteiger partial charge on any atom is 0.317 e. The first-order valence-corrected chi connectivity index (χ1v) is 7.76. The van der Waals surface area contributed by atoms with Crippen molar-refractivity contribution in [2.24, 2.45) is 0 Å². The van der Waals surface area contributed by atoms with E-state index in [0.29, 0.717) is 5.02 Å². The number of urea groups is 1. The molecule has 2 heterocycles. The third-order valence-electron chi connectivity index (χ3n) is 3.63. The molecular formula is C15H15ClN2OS. The Kier molecular flexibility index (Phi) is 3.68. The van der Waals surface area contributed by atoms with Gasteiger partial charge in [0, 0.05) is 23.5 Å². The molecule has 0 aliphatic carbocycles. The fraction of sp³-hybridized carbons (Fsp3) is 0.267. The average molecular weight is 307 g/mol. The van der Waals surface area contributed by atoms with Crippen molar-refractivity contribution in [2.75, 3.05) is 13.6 Å². The summed E-state index contributed by atoms with van der Waals surface area (Å²) in [5.41, 5.74) is 2.32. The molecule has 1 unspecified atom stereocenters. The summed E-state index contributed by atoms with van der Waals surface area (Å²) in [6.07, 6.45) is 0.921. The van der Waals surface area contributed by atoms with Gasteiger partial charge in [-0.25, -0.2) is 4.79 Å². The molecule has 104 valence electrons. The van der Waals surface area contributed by atoms with E-state index in [0.717, 1.165) is 18.5 Å². The molecule has 0 saturated heterocycles. The summed E-state index contributed by atoms with van der Waals surface area (Å²) < 4.78 is 0. The Bertz CT molecular complexity index is 623. The summed E-state index contributed by atoms with van der Waals surface area (Å²) in [7, 11) is 1.67. The molecule has 0 fully saturated rings. The van der Waals surface area contributed by atoms with E-state index in [1.165, 1.54) is 10.4 Å². The molecule has 5 heteroatoms. The van der Waals surface area contributed by atoms with Gasteiger partial charge < -0.3 is 10.2 Å². The summed E-state index contributed by atoms with van der Waals surface area (Å²) in [6, 6.07) is 9.79. The monoisotopic (exact) mass is 306 g/mol. The van der Waals surface area contributed by atoms with Crippen LogP contribution in [0.15, 0.2) is 35.7 Å². The lowest BCUT2D eigenvalue weighted by atomic mass is 9.93. The highest BCUT2D eigenvalue weighted by atomic mass is 35.5. The zero-order valence-electron chi connectivity index (χ0n) is 11.1. The van der Waals surface area contributed by atoms with Crippen LogP contribution in [0.3, 0.4) is 0 Å². The van der Waals surface area contributed by atoms with Crippen LogP contribution >= 0.6 is 22.9 Å². The second kappa shape index (κ2) is 5.46. The molecular weight excluding hydrogens is 292 g/mol. The first-order valence-electron chi connectivity index (χ1n) is 6.51. The normalized spacial score (nSPS) is 17.7. The zero-order valence-corrected chi connectivity index (χ0v) is 12.7. The van der Waals surface area contributed by atoms with Crippen LogP contribution in [-0.2, 0) is 6.42 Å². The van der Waals surface area contributed by atoms with Crippen LogP contribution in [0.5, 0.6) is 0 Å². The summed E-state index contributed by atoms with van der Waals surface area (Å²) in [4.78, 5) is 15.4. The minimum atomic E-state index is -0.0400. The molecule has 3 rings (SSSR count). The van der Waals surface area contributed by atoms with Gasteiger partial charge in [-0.1, -0.05) is 23.7 Å². The lowest BCUT2D eigenvalue weighted by Gasteiger charge is -2.36. The largest absolute Gasteiger partial charge is 0.341 e. The van der Waals surface area contributed by atoms with Crippen LogP contribution < -0.4 is 5.32 Å². The van der Waals surface area contributed by atoms with Crippen LogP contribution in [0, 0.1) is 0 Å². The highest BCUT2D eigenvalue weighted by molar-refractivity contribution is 7.10. The number of fused-ring (bicyclic) bond motifs is 1. The molecule has 0 radical (unpaired) electrons. The quantitative estimate of drug-likeness (QED) is 0.856. The van der Waals surface area contributed by atoms with Crippen molar-refractivity contribution in [2.45, 2.75) is 12.5 Å². The molecule has 2 aromatic rings. The number of carbonyl (C=O) groups excluding carboxylic acids is 1. The molecule has 1 aromatic carbocycles. The van der Waals surface area contributed by atoms with Crippen LogP contribution in [0.1, 0.15) is 22.0 Å². The van der Waals surface area contributed by atoms with E-state index in [2.05, 4.69) is 16.8 Å². The van der Waals surface area contributed by atoms with E-state index in [-0.39, 0.29) is 12.1 Å². The van der Waals surface area contributed by atoms with Gasteiger partial charge in [-0.05, 0) is 41.1 Å². The van der Waals surface area contributed by atoms with Crippen molar-refractivity contribution >= 4 is 29.0 Å². The van der Waals surface area contributed by atoms with E-state index >= 15 is 0 Å². The molecule has 3 nitrogen and oxygen atoms in total. The van der Waals surface area contributed by atoms with Crippen molar-refractivity contribution in [3.8, 4) is 0 Å². The Morgan fingerprint density at radius 3 is 2.80 bits per heavy atom. The minimum Gasteiger partial charge on any atom is -0.341 e. The number of carbonyl (C=O) groups is 1. The Morgan fingerprint density at radius 1 is 1.35 bits per heavy atom. The molecule has 1 aliphatic rings. The van der Waals surface area contributed by atoms with Gasteiger partial charge in [-0.15, -0.1) is 11.3 Å². The molecule has 1 N–H and O–H groups in total. The van der Waals surface area contributed by atoms with Crippen molar-refractivity contribution in [1.29, 1.82) is 0 Å². The van der Waals surface area contributed by atoms with Gasteiger partial charge >= 0.3 is 6.03 Å². The third-order valence-corrected chi connectivity index (χ3v) is 4.87. The second-order valence-corrected chi connectivity index (χ2v) is 6.19. The summed E-state index contributed by atoms with van der Waals surface area (Å²) >= 11 is 7.73. The van der Waals surface area contributed by atoms with Crippen LogP contribution in [0.25, 0.3) is 0 Å². The Hall–Kier alpha value is -1.52. The van der Waals surface area contributed by atoms with E-state index in [9.17, 15) is 4.79 Å². The smallest absolute Gasteiger partial charge is 0.317 e. The number of nitrogens with one attached hydrogen (secondary N) is 1. The van der Waals surface area contributed by atoms with Crippen molar-refractivity contribution < 1.29 is 4.79 Å². The SMILES string of the molecule is CNC(=O)N1CCc2sccc2C1c1ccc(Cl)cc1. The fourth-order valence-corrected chi connectivity index (χ4v) is 3.71. The first kappa shape index (κ1) is 13.5. The standard InChI is InChI=1S/C15H15ClN2OS/c1-17-15(19)18-8-6-13-12(7-9-20-13)14(18)10-2-4-11(16)5-3-10/h2-5,7,9,14H,6,8H2,1H3,(H,17,19). The average Bonchev–Trinajstić information content (AvgIpc) is 2.95. The van der Waals surface area contributed by atoms with Gasteiger partial charge in [0.05, 0.1) is 6.04 Å². The highest BCUT2D eigenvalue weighted by Crippen LogP contribution is 2.37. The van der Waals surface area contributed by atoms with Gasteiger partial charge in [0.15, 0.2) is 0 Å². The summed E-state index contributed by atoms with van der Waals surface area (Å²) in [5, 5.41) is 5.54. The molecule has 1 aromatic heterocycles. The first-order chi connectivity index (χ1) is 9.70. The molecule has 0 spiro atoms. The van der Waals surface area contributed by atoms with E-state index < -0.39 is 0 Å². The van der Waals surface area contributed by atoms with Crippen molar-refractivity contribution in [1.82, 2.24) is 10.2 Å². The fourth-order valence-electron chi connectivity index (χ4n) is 2.68. The van der Waals surface area contributed by atoms with Gasteiger partial charge in [-0.3, -0.25) is 0 Å². The number of thiophene rings is 1. The van der Waals surface area contributed by atoms with Gasteiger partial charge in [-0.2, -0.15) is 0 Å². The van der Waals surface area contributed by atoms with E-state index in [4.69, 9.17) is 11.6 Å². The third kappa shape index (κ3) is 2.30. The second-order valence-electron chi connectivity index (χ2n) is 4.75. The minimum absolute atomic E-state index is 0.0257. The molecule has 1 atom stereocenters. The molecule has 2 amide bonds. The predicted octanol–water partition coefficient (Wildman–Crippen LogP) is 3.69. The van der Waals surface area contributed by atoms with Gasteiger partial charge in [0.1, 0.15) is 0 Å². The van der Waals surface area contributed by atoms with Crippen molar-refractivity contribution in [3.63, 3.8) is 0 Å². The number of rotatable bonds is 1. The molecule has 20 heavy (non-hydrogen) atoms. The Balaban J connectivity index is 2.06. The predicted molar refractivity (Wildman–Crippen MR) is 82.5 cm³/mol. The van der Waals surface area contributed by atoms with Gasteiger partial charge in [0.2, 0.25) is 0 Å². The molecule has 0 saturated carbocycles. The number of nitrogens with zero attached hydrogens (tertiary/aromatic N) is 1. The van der Waals surface area contributed by atoms with E-state index in [1.807, 2.05) is 29.2 Å². The number of halogens is 1. The maximum atomic E-state index is 12.1. The Labute approximate surface area is 127 Å². The maximum absolute atomic E-state index is 12.1. The van der Waals surface area contributed by atoms with Crippen LogP contribution in [0.2, 0.25) is 5.02 Å². The lowest BCUT2D eigenvalue weighted by molar-refractivity contribution is 0.183. The topological polar surface area (TPSA) is 32.3 Å². The van der Waals surface area contributed by atoms with E-state index in [1.54, 1.807) is 18.4 Å². The number of benzene rings is 1. The highest BCUT2D eigenvalue weighted by Gasteiger charge is 2.32. The Morgan fingerprint density at radius 2 is 2.10 bits per heavy atom. The molecule has 0 bridgehead atoms.